The molecule has 0 unspecified atom stereocenters. The van der Waals surface area contributed by atoms with Crippen LogP contribution in [0, 0.1) is 10.1 Å². The van der Waals surface area contributed by atoms with Crippen LogP contribution in [0.1, 0.15) is 0 Å². The molecule has 0 saturated carbocycles. The Morgan fingerprint density at radius 3 is 2.94 bits per heavy atom. The van der Waals surface area contributed by atoms with Gasteiger partial charge in [-0.2, -0.15) is 0 Å². The fraction of sp³-hybridized carbons (Fsp3) is 0.0909. The van der Waals surface area contributed by atoms with Gasteiger partial charge in [-0.05, 0) is 12.1 Å². The zero-order valence-corrected chi connectivity index (χ0v) is 9.24. The predicted octanol–water partition coefficient (Wildman–Crippen LogP) is 1.20. The van der Waals surface area contributed by atoms with Crippen molar-refractivity contribution in [2.24, 2.45) is 0 Å². The summed E-state index contributed by atoms with van der Waals surface area (Å²) in [5.41, 5.74) is -1.56. The molecule has 0 aliphatic rings. The van der Waals surface area contributed by atoms with Gasteiger partial charge < -0.3 is 5.11 Å². The third-order valence-electron chi connectivity index (χ3n) is 2.46. The molecule has 0 saturated heterocycles. The largest absolute Gasteiger partial charge is 0.501 e. The highest BCUT2D eigenvalue weighted by Gasteiger charge is 2.25. The van der Waals surface area contributed by atoms with Gasteiger partial charge in [0, 0.05) is 12.7 Å². The lowest BCUT2D eigenvalue weighted by molar-refractivity contribution is -0.387. The van der Waals surface area contributed by atoms with E-state index < -0.39 is 21.9 Å². The molecule has 0 spiro atoms. The number of fused-ring (bicyclic) bond motifs is 1. The molecule has 2 heterocycles. The number of rotatable bonds is 3. The van der Waals surface area contributed by atoms with E-state index in [0.717, 1.165) is 4.57 Å². The summed E-state index contributed by atoms with van der Waals surface area (Å²) in [6.07, 6.45) is 2.86. The monoisotopic (exact) mass is 247 g/mol. The number of nitrogens with zero attached hydrogens (tertiary/aromatic N) is 3. The molecule has 92 valence electrons. The molecule has 18 heavy (non-hydrogen) atoms. The standard InChI is InChI=1S/C11H9N3O4/c1-2-6-13-10-7(4-3-5-12-10)9(15)8(11(13)16)14(17)18/h2-5,15H,1,6H2. The molecule has 0 aliphatic heterocycles. The van der Waals surface area contributed by atoms with Gasteiger partial charge in [0.15, 0.2) is 0 Å². The Labute approximate surface area is 101 Å². The van der Waals surface area contributed by atoms with Crippen molar-refractivity contribution >= 4 is 16.7 Å². The summed E-state index contributed by atoms with van der Waals surface area (Å²) in [5.74, 6) is -0.659. The van der Waals surface area contributed by atoms with Crippen LogP contribution >= 0.6 is 0 Å². The van der Waals surface area contributed by atoms with E-state index >= 15 is 0 Å². The van der Waals surface area contributed by atoms with E-state index in [1.807, 2.05) is 0 Å². The van der Waals surface area contributed by atoms with Gasteiger partial charge in [-0.25, -0.2) is 4.98 Å². The second-order valence-corrected chi connectivity index (χ2v) is 3.53. The van der Waals surface area contributed by atoms with E-state index in [4.69, 9.17) is 0 Å². The van der Waals surface area contributed by atoms with Gasteiger partial charge in [-0.3, -0.25) is 19.5 Å². The molecule has 1 N–H and O–H groups in total. The zero-order valence-electron chi connectivity index (χ0n) is 9.24. The second kappa shape index (κ2) is 4.28. The van der Waals surface area contributed by atoms with Crippen molar-refractivity contribution in [2.45, 2.75) is 6.54 Å². The maximum absolute atomic E-state index is 11.9. The Kier molecular flexibility index (Phi) is 2.80. The number of nitro groups is 1. The number of hydrogen-bond acceptors (Lipinski definition) is 5. The van der Waals surface area contributed by atoms with Crippen LogP contribution in [0.2, 0.25) is 0 Å². The van der Waals surface area contributed by atoms with Crippen LogP contribution in [0.5, 0.6) is 5.75 Å². The first kappa shape index (κ1) is 11.8. The van der Waals surface area contributed by atoms with E-state index in [-0.39, 0.29) is 17.6 Å². The minimum absolute atomic E-state index is 0.0769. The summed E-state index contributed by atoms with van der Waals surface area (Å²) in [6, 6.07) is 2.98. The summed E-state index contributed by atoms with van der Waals surface area (Å²) < 4.78 is 1.10. The van der Waals surface area contributed by atoms with Crippen molar-refractivity contribution < 1.29 is 10.0 Å². The molecule has 0 radical (unpaired) electrons. The Morgan fingerprint density at radius 2 is 2.33 bits per heavy atom. The van der Waals surface area contributed by atoms with Gasteiger partial charge in [-0.15, -0.1) is 6.58 Å². The Bertz CT molecular complexity index is 705. The fourth-order valence-corrected chi connectivity index (χ4v) is 1.71. The molecule has 2 rings (SSSR count). The minimum atomic E-state index is -0.899. The van der Waals surface area contributed by atoms with E-state index in [1.165, 1.54) is 24.4 Å². The molecular formula is C11H9N3O4. The molecule has 7 nitrogen and oxygen atoms in total. The Balaban J connectivity index is 3.01. The molecule has 0 aliphatic carbocycles. The van der Waals surface area contributed by atoms with Crippen molar-refractivity contribution in [3.8, 4) is 5.75 Å². The average Bonchev–Trinajstić information content (AvgIpc) is 2.34. The molecule has 2 aromatic heterocycles. The maximum atomic E-state index is 11.9. The van der Waals surface area contributed by atoms with Crippen LogP contribution in [0.4, 0.5) is 5.69 Å². The summed E-state index contributed by atoms with van der Waals surface area (Å²) in [5, 5.41) is 20.8. The summed E-state index contributed by atoms with van der Waals surface area (Å²) in [7, 11) is 0. The number of aromatic nitrogens is 2. The highest BCUT2D eigenvalue weighted by atomic mass is 16.6. The predicted molar refractivity (Wildman–Crippen MR) is 64.5 cm³/mol. The van der Waals surface area contributed by atoms with Crippen LogP contribution in [-0.2, 0) is 6.54 Å². The van der Waals surface area contributed by atoms with Gasteiger partial charge >= 0.3 is 11.2 Å². The van der Waals surface area contributed by atoms with E-state index in [1.54, 1.807) is 0 Å². The minimum Gasteiger partial charge on any atom is -0.501 e. The lowest BCUT2D eigenvalue weighted by atomic mass is 10.2. The van der Waals surface area contributed by atoms with Crippen LogP contribution in [-0.4, -0.2) is 19.6 Å². The second-order valence-electron chi connectivity index (χ2n) is 3.53. The molecule has 0 atom stereocenters. The number of aromatic hydroxyl groups is 1. The van der Waals surface area contributed by atoms with E-state index in [2.05, 4.69) is 11.6 Å². The highest BCUT2D eigenvalue weighted by Crippen LogP contribution is 2.29. The van der Waals surface area contributed by atoms with Gasteiger partial charge in [0.2, 0.25) is 5.75 Å². The van der Waals surface area contributed by atoms with Crippen molar-refractivity contribution in [1.29, 1.82) is 0 Å². The van der Waals surface area contributed by atoms with Crippen molar-refractivity contribution in [2.75, 3.05) is 0 Å². The molecular weight excluding hydrogens is 238 g/mol. The summed E-state index contributed by atoms with van der Waals surface area (Å²) in [6.45, 7) is 3.56. The quantitative estimate of drug-likeness (QED) is 0.499. The molecule has 0 bridgehead atoms. The average molecular weight is 247 g/mol. The normalized spacial score (nSPS) is 10.4. The van der Waals surface area contributed by atoms with Crippen molar-refractivity contribution in [1.82, 2.24) is 9.55 Å². The van der Waals surface area contributed by atoms with Crippen LogP contribution < -0.4 is 5.56 Å². The lowest BCUT2D eigenvalue weighted by Gasteiger charge is -2.08. The Morgan fingerprint density at radius 1 is 1.61 bits per heavy atom. The SMILES string of the molecule is C=CCn1c(=O)c([N+](=O)[O-])c(O)c2cccnc21. The summed E-state index contributed by atoms with van der Waals surface area (Å²) >= 11 is 0. The zero-order chi connectivity index (χ0) is 13.3. The molecule has 0 aromatic carbocycles. The van der Waals surface area contributed by atoms with Crippen LogP contribution in [0.3, 0.4) is 0 Å². The molecule has 0 amide bonds. The van der Waals surface area contributed by atoms with Crippen molar-refractivity contribution in [3.05, 3.63) is 51.5 Å². The maximum Gasteiger partial charge on any atom is 0.376 e. The van der Waals surface area contributed by atoms with E-state index in [9.17, 15) is 20.0 Å². The fourth-order valence-electron chi connectivity index (χ4n) is 1.71. The van der Waals surface area contributed by atoms with Gasteiger partial charge in [-0.1, -0.05) is 6.08 Å². The third-order valence-corrected chi connectivity index (χ3v) is 2.46. The molecule has 7 heteroatoms. The Hall–Kier alpha value is -2.70. The van der Waals surface area contributed by atoms with Gasteiger partial charge in [0.05, 0.1) is 10.3 Å². The molecule has 2 aromatic rings. The summed E-state index contributed by atoms with van der Waals surface area (Å²) in [4.78, 5) is 25.8. The van der Waals surface area contributed by atoms with Gasteiger partial charge in [0.25, 0.3) is 0 Å². The number of hydrogen-bond donors (Lipinski definition) is 1. The van der Waals surface area contributed by atoms with Crippen LogP contribution in [0.15, 0.2) is 35.8 Å². The molecule has 0 fully saturated rings. The number of allylic oxidation sites excluding steroid dienone is 1. The number of pyridine rings is 2. The topological polar surface area (TPSA) is 98.3 Å². The van der Waals surface area contributed by atoms with E-state index in [0.29, 0.717) is 0 Å². The first-order valence-corrected chi connectivity index (χ1v) is 5.03. The van der Waals surface area contributed by atoms with Crippen LogP contribution in [0.25, 0.3) is 11.0 Å². The lowest BCUT2D eigenvalue weighted by Crippen LogP contribution is -2.23. The highest BCUT2D eigenvalue weighted by molar-refractivity contribution is 5.85. The smallest absolute Gasteiger partial charge is 0.376 e. The first-order chi connectivity index (χ1) is 8.57. The first-order valence-electron chi connectivity index (χ1n) is 5.03. The third kappa shape index (κ3) is 1.61. The van der Waals surface area contributed by atoms with Crippen molar-refractivity contribution in [3.63, 3.8) is 0 Å². The van der Waals surface area contributed by atoms with Gasteiger partial charge in [0.1, 0.15) is 5.65 Å².